The number of benzene rings is 2. The molecule has 0 saturated heterocycles. The third-order valence-electron chi connectivity index (χ3n) is 4.23. The van der Waals surface area contributed by atoms with Crippen molar-refractivity contribution in [2.24, 2.45) is 0 Å². The van der Waals surface area contributed by atoms with Crippen LogP contribution in [-0.4, -0.2) is 36.5 Å². The zero-order valence-electron chi connectivity index (χ0n) is 15.0. The zero-order chi connectivity index (χ0) is 19.5. The van der Waals surface area contributed by atoms with Crippen LogP contribution in [0.4, 0.5) is 0 Å². The summed E-state index contributed by atoms with van der Waals surface area (Å²) in [6.07, 6.45) is 1.48. The summed E-state index contributed by atoms with van der Waals surface area (Å²) in [6, 6.07) is 15.1. The molecule has 2 aromatic carbocycles. The Bertz CT molecular complexity index is 1130. The molecule has 28 heavy (non-hydrogen) atoms. The van der Waals surface area contributed by atoms with E-state index in [1.54, 1.807) is 28.9 Å². The molecule has 0 amide bonds. The van der Waals surface area contributed by atoms with Crippen molar-refractivity contribution in [3.8, 4) is 0 Å². The molecule has 2 aromatic heterocycles. The van der Waals surface area contributed by atoms with Gasteiger partial charge in [0.2, 0.25) is 0 Å². The molecule has 4 rings (SSSR count). The molecule has 2 heterocycles. The Morgan fingerprint density at radius 3 is 2.57 bits per heavy atom. The monoisotopic (exact) mass is 409 g/mol. The van der Waals surface area contributed by atoms with Crippen molar-refractivity contribution in [3.05, 3.63) is 76.6 Å². The topological polar surface area (TPSA) is 73.6 Å². The zero-order valence-corrected chi connectivity index (χ0v) is 16.6. The number of halogens is 1. The summed E-state index contributed by atoms with van der Waals surface area (Å²) in [5.41, 5.74) is 4.19. The number of ketones is 1. The molecule has 0 bridgehead atoms. The van der Waals surface area contributed by atoms with Gasteiger partial charge in [0.25, 0.3) is 0 Å². The highest BCUT2D eigenvalue weighted by Gasteiger charge is 2.14. The number of hydrogen-bond acceptors (Lipinski definition) is 6. The standard InChI is InChI=1S/C20H16ClN5OS/c1-13-2-4-14(5-3-13)10-26-19-18(24-25-26)20(23-12-22-19)28-11-17(27)15-6-8-16(21)9-7-15/h2-9,12H,10-11H2,1H3. The van der Waals surface area contributed by atoms with Crippen molar-refractivity contribution in [2.75, 3.05) is 5.75 Å². The highest BCUT2D eigenvalue weighted by molar-refractivity contribution is 8.00. The largest absolute Gasteiger partial charge is 0.293 e. The summed E-state index contributed by atoms with van der Waals surface area (Å²) in [6.45, 7) is 2.62. The summed E-state index contributed by atoms with van der Waals surface area (Å²) >= 11 is 7.20. The van der Waals surface area contributed by atoms with Crippen molar-refractivity contribution in [1.82, 2.24) is 25.0 Å². The van der Waals surface area contributed by atoms with Crippen LogP contribution < -0.4 is 0 Å². The highest BCUT2D eigenvalue weighted by Crippen LogP contribution is 2.24. The van der Waals surface area contributed by atoms with Gasteiger partial charge in [-0.05, 0) is 36.8 Å². The Hall–Kier alpha value is -2.77. The van der Waals surface area contributed by atoms with Crippen LogP contribution in [0.15, 0.2) is 59.9 Å². The normalized spacial score (nSPS) is 11.1. The quantitative estimate of drug-likeness (QED) is 0.270. The second-order valence-electron chi connectivity index (χ2n) is 6.30. The van der Waals surface area contributed by atoms with Crippen molar-refractivity contribution in [3.63, 3.8) is 0 Å². The molecule has 0 aliphatic carbocycles. The first-order chi connectivity index (χ1) is 13.6. The molecule has 0 spiro atoms. The molecule has 6 nitrogen and oxygen atoms in total. The van der Waals surface area contributed by atoms with E-state index in [-0.39, 0.29) is 11.5 Å². The number of fused-ring (bicyclic) bond motifs is 1. The minimum Gasteiger partial charge on any atom is -0.293 e. The lowest BCUT2D eigenvalue weighted by atomic mass is 10.1. The van der Waals surface area contributed by atoms with E-state index in [0.717, 1.165) is 5.56 Å². The van der Waals surface area contributed by atoms with E-state index in [1.165, 1.54) is 23.7 Å². The second kappa shape index (κ2) is 8.08. The first kappa shape index (κ1) is 18.6. The van der Waals surface area contributed by atoms with Gasteiger partial charge in [-0.3, -0.25) is 4.79 Å². The van der Waals surface area contributed by atoms with Gasteiger partial charge in [-0.1, -0.05) is 58.4 Å². The van der Waals surface area contributed by atoms with Crippen molar-refractivity contribution in [1.29, 1.82) is 0 Å². The van der Waals surface area contributed by atoms with E-state index >= 15 is 0 Å². The molecule has 0 radical (unpaired) electrons. The predicted octanol–water partition coefficient (Wildman–Crippen LogP) is 4.21. The Labute approximate surface area is 171 Å². The Kier molecular flexibility index (Phi) is 5.36. The molecule has 0 aliphatic heterocycles. The van der Waals surface area contributed by atoms with Crippen LogP contribution in [-0.2, 0) is 6.54 Å². The first-order valence-electron chi connectivity index (χ1n) is 8.61. The molecule has 0 atom stereocenters. The molecule has 4 aromatic rings. The minimum absolute atomic E-state index is 0.000441. The lowest BCUT2D eigenvalue weighted by molar-refractivity contribution is 0.102. The third kappa shape index (κ3) is 4.05. The lowest BCUT2D eigenvalue weighted by Crippen LogP contribution is -2.04. The van der Waals surface area contributed by atoms with Gasteiger partial charge in [-0.15, -0.1) is 5.10 Å². The van der Waals surface area contributed by atoms with Gasteiger partial charge in [-0.2, -0.15) is 0 Å². The number of aromatic nitrogens is 5. The van der Waals surface area contributed by atoms with Crippen molar-refractivity contribution in [2.45, 2.75) is 18.5 Å². The number of carbonyl (C=O) groups is 1. The summed E-state index contributed by atoms with van der Waals surface area (Å²) in [5.74, 6) is 0.249. The number of hydrogen-bond donors (Lipinski definition) is 0. The molecule has 0 fully saturated rings. The van der Waals surface area contributed by atoms with E-state index < -0.39 is 0 Å². The van der Waals surface area contributed by atoms with Crippen LogP contribution in [0.2, 0.25) is 5.02 Å². The van der Waals surface area contributed by atoms with Crippen LogP contribution in [0.25, 0.3) is 11.2 Å². The summed E-state index contributed by atoms with van der Waals surface area (Å²) in [5, 5.41) is 9.70. The molecular formula is C20H16ClN5OS. The van der Waals surface area contributed by atoms with Crippen LogP contribution >= 0.6 is 23.4 Å². The molecule has 0 N–H and O–H groups in total. The van der Waals surface area contributed by atoms with Gasteiger partial charge in [0.15, 0.2) is 16.9 Å². The molecular weight excluding hydrogens is 394 g/mol. The van der Waals surface area contributed by atoms with Crippen molar-refractivity contribution < 1.29 is 4.79 Å². The Balaban J connectivity index is 1.52. The second-order valence-corrected chi connectivity index (χ2v) is 7.70. The summed E-state index contributed by atoms with van der Waals surface area (Å²) in [7, 11) is 0. The number of nitrogens with zero attached hydrogens (tertiary/aromatic N) is 5. The molecule has 0 unspecified atom stereocenters. The van der Waals surface area contributed by atoms with Gasteiger partial charge < -0.3 is 0 Å². The molecule has 8 heteroatoms. The van der Waals surface area contributed by atoms with Gasteiger partial charge in [0, 0.05) is 10.6 Å². The van der Waals surface area contributed by atoms with E-state index in [1.807, 2.05) is 0 Å². The van der Waals surface area contributed by atoms with Crippen LogP contribution in [0.5, 0.6) is 0 Å². The van der Waals surface area contributed by atoms with E-state index in [9.17, 15) is 4.79 Å². The smallest absolute Gasteiger partial charge is 0.183 e. The predicted molar refractivity (Wildman–Crippen MR) is 110 cm³/mol. The fourth-order valence-corrected chi connectivity index (χ4v) is 3.65. The Morgan fingerprint density at radius 2 is 1.82 bits per heavy atom. The van der Waals surface area contributed by atoms with Gasteiger partial charge >= 0.3 is 0 Å². The fourth-order valence-electron chi connectivity index (χ4n) is 2.70. The van der Waals surface area contributed by atoms with Crippen LogP contribution in [0.1, 0.15) is 21.5 Å². The van der Waals surface area contributed by atoms with Gasteiger partial charge in [0.05, 0.1) is 12.3 Å². The number of rotatable bonds is 6. The van der Waals surface area contributed by atoms with Gasteiger partial charge in [0.1, 0.15) is 11.4 Å². The van der Waals surface area contributed by atoms with Gasteiger partial charge in [-0.25, -0.2) is 14.6 Å². The fraction of sp³-hybridized carbons (Fsp3) is 0.150. The van der Waals surface area contributed by atoms with E-state index in [4.69, 9.17) is 11.6 Å². The van der Waals surface area contributed by atoms with Crippen LogP contribution in [0.3, 0.4) is 0 Å². The van der Waals surface area contributed by atoms with Crippen molar-refractivity contribution >= 4 is 40.3 Å². The number of thioether (sulfide) groups is 1. The van der Waals surface area contributed by atoms with E-state index in [0.29, 0.717) is 33.3 Å². The SMILES string of the molecule is Cc1ccc(Cn2nnc3c(SCC(=O)c4ccc(Cl)cc4)ncnc32)cc1. The molecule has 0 aliphatic rings. The molecule has 0 saturated carbocycles. The summed E-state index contributed by atoms with van der Waals surface area (Å²) < 4.78 is 1.74. The van der Waals surface area contributed by atoms with E-state index in [2.05, 4.69) is 51.5 Å². The first-order valence-corrected chi connectivity index (χ1v) is 9.98. The molecule has 140 valence electrons. The maximum absolute atomic E-state index is 12.4. The third-order valence-corrected chi connectivity index (χ3v) is 5.46. The van der Waals surface area contributed by atoms with Crippen LogP contribution in [0, 0.1) is 6.92 Å². The Morgan fingerprint density at radius 1 is 1.07 bits per heavy atom. The number of aryl methyl sites for hydroxylation is 1. The maximum atomic E-state index is 12.4. The number of Topliss-reactive ketones (excluding diaryl/α,β-unsaturated/α-hetero) is 1. The minimum atomic E-state index is 0.000441. The summed E-state index contributed by atoms with van der Waals surface area (Å²) in [4.78, 5) is 21.0. The maximum Gasteiger partial charge on any atom is 0.183 e. The number of carbonyl (C=O) groups excluding carboxylic acids is 1. The average Bonchev–Trinajstić information content (AvgIpc) is 3.12. The highest BCUT2D eigenvalue weighted by atomic mass is 35.5. The lowest BCUT2D eigenvalue weighted by Gasteiger charge is -2.04. The average molecular weight is 410 g/mol.